The lowest BCUT2D eigenvalue weighted by molar-refractivity contribution is -0.698. The molecule has 0 radical (unpaired) electrons. The molecule has 0 amide bonds. The molecule has 0 aliphatic rings. The van der Waals surface area contributed by atoms with Gasteiger partial charge in [0.05, 0.1) is 0 Å². The van der Waals surface area contributed by atoms with E-state index in [9.17, 15) is 0 Å². The summed E-state index contributed by atoms with van der Waals surface area (Å²) in [6, 6.07) is 2.59. The number of pyridine rings is 1. The number of hydrogen-bond donors (Lipinski definition) is 0. The Labute approximate surface area is 355 Å². The molecule has 0 aliphatic heterocycles. The second-order valence-electron chi connectivity index (χ2n) is 18.8. The molecule has 1 heteroatoms. The smallest absolute Gasteiger partial charge is 0.171 e. The minimum Gasteiger partial charge on any atom is -0.205 e. The first-order valence-corrected chi connectivity index (χ1v) is 26.8. The number of aryl methyl sites for hydroxylation is 3. The second-order valence-corrected chi connectivity index (χ2v) is 18.8. The molecule has 0 fully saturated rings. The standard InChI is InChI=1S/C55H106N/c1-4-7-10-13-16-19-22-24-26-28-30-32-34-36-39-42-45-48-54-51-55(53-56(52-54)50-47-44-41-38-21-18-15-12-9-6-3)49-46-43-40-37-35-33-31-29-27-25-23-20-17-14-11-8-5-2/h51-53H,4-50H2,1-3H3/q+1. The van der Waals surface area contributed by atoms with Crippen molar-refractivity contribution >= 4 is 0 Å². The molecule has 0 saturated carbocycles. The van der Waals surface area contributed by atoms with Gasteiger partial charge in [-0.05, 0) is 38.2 Å². The van der Waals surface area contributed by atoms with Crippen molar-refractivity contribution in [1.82, 2.24) is 0 Å². The molecule has 0 aromatic carbocycles. The topological polar surface area (TPSA) is 3.88 Å². The predicted molar refractivity (Wildman–Crippen MR) is 254 cm³/mol. The van der Waals surface area contributed by atoms with E-state index in [1.807, 2.05) is 0 Å². The Bertz CT molecular complexity index is 818. The zero-order chi connectivity index (χ0) is 40.1. The summed E-state index contributed by atoms with van der Waals surface area (Å²) in [5.74, 6) is 0. The van der Waals surface area contributed by atoms with Gasteiger partial charge in [-0.15, -0.1) is 0 Å². The van der Waals surface area contributed by atoms with Gasteiger partial charge < -0.3 is 0 Å². The summed E-state index contributed by atoms with van der Waals surface area (Å²) in [5.41, 5.74) is 3.23. The van der Waals surface area contributed by atoms with Crippen molar-refractivity contribution in [3.8, 4) is 0 Å². The Balaban J connectivity index is 2.23. The quantitative estimate of drug-likeness (QED) is 0.0458. The first-order chi connectivity index (χ1) is 27.8. The molecule has 0 atom stereocenters. The van der Waals surface area contributed by atoms with Crippen LogP contribution in [0.3, 0.4) is 0 Å². The largest absolute Gasteiger partial charge is 0.205 e. The summed E-state index contributed by atoms with van der Waals surface area (Å²) in [7, 11) is 0. The first-order valence-electron chi connectivity index (χ1n) is 26.8. The van der Waals surface area contributed by atoms with Gasteiger partial charge in [-0.1, -0.05) is 278 Å². The van der Waals surface area contributed by atoms with E-state index in [0.29, 0.717) is 0 Å². The highest BCUT2D eigenvalue weighted by atomic mass is 14.9. The third-order valence-corrected chi connectivity index (χ3v) is 12.9. The molecule has 0 spiro atoms. The van der Waals surface area contributed by atoms with Crippen molar-refractivity contribution < 1.29 is 4.57 Å². The van der Waals surface area contributed by atoms with E-state index in [-0.39, 0.29) is 0 Å². The Hall–Kier alpha value is -0.850. The summed E-state index contributed by atoms with van der Waals surface area (Å²) in [6.45, 7) is 8.17. The zero-order valence-corrected chi connectivity index (χ0v) is 39.4. The van der Waals surface area contributed by atoms with Gasteiger partial charge in [0.2, 0.25) is 0 Å². The van der Waals surface area contributed by atoms with Gasteiger partial charge in [-0.2, -0.15) is 0 Å². The normalized spacial score (nSPS) is 11.6. The fourth-order valence-electron chi connectivity index (χ4n) is 9.07. The van der Waals surface area contributed by atoms with Crippen molar-refractivity contribution in [2.45, 2.75) is 323 Å². The molecule has 56 heavy (non-hydrogen) atoms. The molecule has 1 heterocycles. The number of hydrogen-bond acceptors (Lipinski definition) is 0. The molecule has 0 aliphatic carbocycles. The lowest BCUT2D eigenvalue weighted by atomic mass is 10.0. The van der Waals surface area contributed by atoms with Crippen molar-refractivity contribution in [3.05, 3.63) is 29.6 Å². The molecular weight excluding hydrogens is 675 g/mol. The molecule has 0 saturated heterocycles. The molecule has 1 rings (SSSR count). The Morgan fingerprint density at radius 1 is 0.250 bits per heavy atom. The SMILES string of the molecule is CCCCCCCCCCCCCCCCCCCc1cc(CCCCCCCCCCCCCCCCCCC)c[n+](CCCCCCCCCCCC)c1. The van der Waals surface area contributed by atoms with Crippen LogP contribution in [0.1, 0.15) is 314 Å². The third-order valence-electron chi connectivity index (χ3n) is 12.9. The average molecular weight is 781 g/mol. The third kappa shape index (κ3) is 38.7. The first kappa shape index (κ1) is 53.2. The van der Waals surface area contributed by atoms with Crippen molar-refractivity contribution in [2.24, 2.45) is 0 Å². The fourth-order valence-corrected chi connectivity index (χ4v) is 9.07. The van der Waals surface area contributed by atoms with Gasteiger partial charge in [0, 0.05) is 17.5 Å². The van der Waals surface area contributed by atoms with Crippen LogP contribution in [0.25, 0.3) is 0 Å². The van der Waals surface area contributed by atoms with E-state index < -0.39 is 0 Å². The van der Waals surface area contributed by atoms with E-state index in [1.165, 1.54) is 302 Å². The number of aromatic nitrogens is 1. The maximum Gasteiger partial charge on any atom is 0.171 e. The molecule has 1 aromatic rings. The van der Waals surface area contributed by atoms with Crippen LogP contribution in [0, 0.1) is 0 Å². The van der Waals surface area contributed by atoms with Gasteiger partial charge in [0.25, 0.3) is 0 Å². The monoisotopic (exact) mass is 781 g/mol. The van der Waals surface area contributed by atoms with Crippen LogP contribution < -0.4 is 4.57 Å². The van der Waals surface area contributed by atoms with Crippen LogP contribution >= 0.6 is 0 Å². The highest BCUT2D eigenvalue weighted by molar-refractivity contribution is 5.15. The lowest BCUT2D eigenvalue weighted by Gasteiger charge is -2.08. The second kappa shape index (κ2) is 45.2. The van der Waals surface area contributed by atoms with Crippen molar-refractivity contribution in [2.75, 3.05) is 0 Å². The molecule has 0 unspecified atom stereocenters. The molecule has 0 bridgehead atoms. The van der Waals surface area contributed by atoms with Crippen molar-refractivity contribution in [3.63, 3.8) is 0 Å². The minimum absolute atomic E-state index is 1.22. The van der Waals surface area contributed by atoms with Gasteiger partial charge >= 0.3 is 0 Å². The van der Waals surface area contributed by atoms with Crippen LogP contribution in [0.2, 0.25) is 0 Å². The molecule has 0 N–H and O–H groups in total. The van der Waals surface area contributed by atoms with Gasteiger partial charge in [-0.25, -0.2) is 4.57 Å². The summed E-state index contributed by atoms with van der Waals surface area (Å²) in [5, 5.41) is 0. The molecular formula is C55H106N+. The molecule has 330 valence electrons. The van der Waals surface area contributed by atoms with E-state index in [0.717, 1.165) is 0 Å². The highest BCUT2D eigenvalue weighted by Gasteiger charge is 2.09. The summed E-state index contributed by atoms with van der Waals surface area (Å²) in [6.07, 6.45) is 71.3. The maximum absolute atomic E-state index is 2.59. The average Bonchev–Trinajstić information content (AvgIpc) is 3.21. The lowest BCUT2D eigenvalue weighted by Crippen LogP contribution is -2.34. The maximum atomic E-state index is 2.59. The van der Waals surface area contributed by atoms with Gasteiger partial charge in [0.15, 0.2) is 12.4 Å². The molecule has 1 aromatic heterocycles. The number of unbranched alkanes of at least 4 members (excludes halogenated alkanes) is 41. The van der Waals surface area contributed by atoms with Crippen LogP contribution in [0.5, 0.6) is 0 Å². The molecule has 1 nitrogen and oxygen atoms in total. The van der Waals surface area contributed by atoms with Crippen LogP contribution in [-0.2, 0) is 19.4 Å². The van der Waals surface area contributed by atoms with E-state index >= 15 is 0 Å². The Morgan fingerprint density at radius 2 is 0.446 bits per heavy atom. The minimum atomic E-state index is 1.22. The predicted octanol–water partition coefficient (Wildman–Crippen LogP) is 19.3. The van der Waals surface area contributed by atoms with Crippen LogP contribution in [0.4, 0.5) is 0 Å². The number of nitrogens with zero attached hydrogens (tertiary/aromatic N) is 1. The Kier molecular flexibility index (Phi) is 43.0. The number of rotatable bonds is 47. The van der Waals surface area contributed by atoms with Crippen molar-refractivity contribution in [1.29, 1.82) is 0 Å². The fraction of sp³-hybridized carbons (Fsp3) is 0.909. The summed E-state index contributed by atoms with van der Waals surface area (Å²) in [4.78, 5) is 0. The zero-order valence-electron chi connectivity index (χ0n) is 39.4. The van der Waals surface area contributed by atoms with Gasteiger partial charge in [0.1, 0.15) is 6.54 Å². The van der Waals surface area contributed by atoms with E-state index in [1.54, 1.807) is 11.1 Å². The van der Waals surface area contributed by atoms with Crippen LogP contribution in [0.15, 0.2) is 18.5 Å². The van der Waals surface area contributed by atoms with E-state index in [2.05, 4.69) is 43.8 Å². The van der Waals surface area contributed by atoms with Gasteiger partial charge in [-0.3, -0.25) is 0 Å². The van der Waals surface area contributed by atoms with E-state index in [4.69, 9.17) is 0 Å². The summed E-state index contributed by atoms with van der Waals surface area (Å²) >= 11 is 0. The Morgan fingerprint density at radius 3 is 0.679 bits per heavy atom. The summed E-state index contributed by atoms with van der Waals surface area (Å²) < 4.78 is 2.59. The highest BCUT2D eigenvalue weighted by Crippen LogP contribution is 2.18. The van der Waals surface area contributed by atoms with Crippen LogP contribution in [-0.4, -0.2) is 0 Å².